The van der Waals surface area contributed by atoms with Gasteiger partial charge in [-0.25, -0.2) is 0 Å². The highest BCUT2D eigenvalue weighted by atomic mass is 16.3. The molecular formula is C15H24N2O2. The quantitative estimate of drug-likeness (QED) is 0.702. The summed E-state index contributed by atoms with van der Waals surface area (Å²) in [4.78, 5) is 11.7. The summed E-state index contributed by atoms with van der Waals surface area (Å²) in [5.41, 5.74) is 7.08. The zero-order valence-corrected chi connectivity index (χ0v) is 11.7. The smallest absolute Gasteiger partial charge is 0.220 e. The lowest BCUT2D eigenvalue weighted by Crippen LogP contribution is -2.34. The minimum atomic E-state index is -0.401. The Labute approximate surface area is 115 Å². The van der Waals surface area contributed by atoms with Crippen LogP contribution in [0, 0.1) is 0 Å². The summed E-state index contributed by atoms with van der Waals surface area (Å²) in [6, 6.07) is 9.65. The van der Waals surface area contributed by atoms with Gasteiger partial charge in [0.1, 0.15) is 0 Å². The van der Waals surface area contributed by atoms with E-state index in [1.54, 1.807) is 6.92 Å². The fraction of sp³-hybridized carbons (Fsp3) is 0.533. The van der Waals surface area contributed by atoms with E-state index >= 15 is 0 Å². The average Bonchev–Trinajstić information content (AvgIpc) is 2.36. The highest BCUT2D eigenvalue weighted by Crippen LogP contribution is 2.14. The third-order valence-corrected chi connectivity index (χ3v) is 3.01. The molecule has 0 radical (unpaired) electrons. The van der Waals surface area contributed by atoms with Gasteiger partial charge in [0.2, 0.25) is 5.91 Å². The molecule has 3 atom stereocenters. The Kier molecular flexibility index (Phi) is 6.53. The molecule has 0 bridgehead atoms. The van der Waals surface area contributed by atoms with Crippen LogP contribution < -0.4 is 11.1 Å². The molecule has 106 valence electrons. The fourth-order valence-electron chi connectivity index (χ4n) is 2.07. The largest absolute Gasteiger partial charge is 0.393 e. The Morgan fingerprint density at radius 1 is 1.32 bits per heavy atom. The zero-order chi connectivity index (χ0) is 14.3. The van der Waals surface area contributed by atoms with Gasteiger partial charge in [-0.2, -0.15) is 0 Å². The van der Waals surface area contributed by atoms with Crippen molar-refractivity contribution in [2.24, 2.45) is 5.73 Å². The second-order valence-electron chi connectivity index (χ2n) is 5.11. The Morgan fingerprint density at radius 2 is 1.95 bits per heavy atom. The van der Waals surface area contributed by atoms with Gasteiger partial charge in [-0.15, -0.1) is 0 Å². The van der Waals surface area contributed by atoms with Crippen molar-refractivity contribution in [1.29, 1.82) is 0 Å². The van der Waals surface area contributed by atoms with E-state index in [4.69, 9.17) is 5.73 Å². The predicted molar refractivity (Wildman–Crippen MR) is 76.5 cm³/mol. The van der Waals surface area contributed by atoms with Gasteiger partial charge in [0.05, 0.1) is 6.10 Å². The van der Waals surface area contributed by atoms with Gasteiger partial charge in [0.25, 0.3) is 0 Å². The predicted octanol–water partition coefficient (Wildman–Crippen LogP) is 1.74. The number of nitrogens with two attached hydrogens (primary N) is 1. The van der Waals surface area contributed by atoms with Crippen LogP contribution in [-0.4, -0.2) is 23.2 Å². The number of hydrogen-bond donors (Lipinski definition) is 3. The minimum Gasteiger partial charge on any atom is -0.393 e. The van der Waals surface area contributed by atoms with Crippen LogP contribution in [0.2, 0.25) is 0 Å². The van der Waals surface area contributed by atoms with Crippen molar-refractivity contribution >= 4 is 5.91 Å². The van der Waals surface area contributed by atoms with E-state index in [2.05, 4.69) is 5.32 Å². The number of carbonyl (C=O) groups excluding carboxylic acids is 1. The Morgan fingerprint density at radius 3 is 2.53 bits per heavy atom. The maximum absolute atomic E-state index is 11.7. The van der Waals surface area contributed by atoms with E-state index in [1.165, 1.54) is 0 Å². The summed E-state index contributed by atoms with van der Waals surface area (Å²) in [5, 5.41) is 12.1. The van der Waals surface area contributed by atoms with E-state index in [9.17, 15) is 9.90 Å². The zero-order valence-electron chi connectivity index (χ0n) is 11.7. The first-order valence-electron chi connectivity index (χ1n) is 6.77. The first kappa shape index (κ1) is 15.7. The Hall–Kier alpha value is -1.39. The van der Waals surface area contributed by atoms with Crippen LogP contribution in [0.4, 0.5) is 0 Å². The minimum absolute atomic E-state index is 0.0135. The third-order valence-electron chi connectivity index (χ3n) is 3.01. The number of nitrogens with one attached hydrogen (secondary N) is 1. The van der Waals surface area contributed by atoms with Gasteiger partial charge in [-0.3, -0.25) is 4.79 Å². The Balaban J connectivity index is 2.30. The molecule has 4 N–H and O–H groups in total. The lowest BCUT2D eigenvalue weighted by atomic mass is 10.0. The van der Waals surface area contributed by atoms with Gasteiger partial charge in [0.15, 0.2) is 0 Å². The molecule has 1 rings (SSSR count). The summed E-state index contributed by atoms with van der Waals surface area (Å²) in [5.74, 6) is -0.0143. The van der Waals surface area contributed by atoms with Gasteiger partial charge < -0.3 is 16.2 Å². The van der Waals surface area contributed by atoms with E-state index in [-0.39, 0.29) is 18.0 Å². The molecule has 0 spiro atoms. The highest BCUT2D eigenvalue weighted by molar-refractivity contribution is 5.76. The first-order chi connectivity index (χ1) is 8.99. The maximum Gasteiger partial charge on any atom is 0.220 e. The van der Waals surface area contributed by atoms with Gasteiger partial charge >= 0.3 is 0 Å². The highest BCUT2D eigenvalue weighted by Gasteiger charge is 2.12. The topological polar surface area (TPSA) is 75.3 Å². The van der Waals surface area contributed by atoms with Crippen molar-refractivity contribution in [3.63, 3.8) is 0 Å². The monoisotopic (exact) mass is 264 g/mol. The fourth-order valence-corrected chi connectivity index (χ4v) is 2.07. The van der Waals surface area contributed by atoms with Crippen LogP contribution in [0.3, 0.4) is 0 Å². The van der Waals surface area contributed by atoms with E-state index in [1.807, 2.05) is 37.3 Å². The van der Waals surface area contributed by atoms with Crippen molar-refractivity contribution in [2.45, 2.75) is 51.3 Å². The third kappa shape index (κ3) is 6.36. The van der Waals surface area contributed by atoms with Gasteiger partial charge in [-0.05, 0) is 32.3 Å². The molecule has 1 aromatic rings. The van der Waals surface area contributed by atoms with Gasteiger partial charge in [-0.1, -0.05) is 30.3 Å². The summed E-state index contributed by atoms with van der Waals surface area (Å²) < 4.78 is 0. The standard InChI is InChI=1S/C15H24N2O2/c1-11(10-12(2)18)17-15(19)9-8-14(16)13-6-4-3-5-7-13/h3-7,11-12,14,18H,8-10,16H2,1-2H3,(H,17,19). The van der Waals surface area contributed by atoms with Crippen molar-refractivity contribution < 1.29 is 9.90 Å². The molecule has 4 heteroatoms. The van der Waals surface area contributed by atoms with E-state index < -0.39 is 6.10 Å². The van der Waals surface area contributed by atoms with Crippen LogP contribution in [0.5, 0.6) is 0 Å². The molecule has 0 aliphatic carbocycles. The lowest BCUT2D eigenvalue weighted by Gasteiger charge is -2.16. The normalized spacial score (nSPS) is 15.6. The molecule has 0 aliphatic rings. The molecule has 0 saturated carbocycles. The molecule has 4 nitrogen and oxygen atoms in total. The number of benzene rings is 1. The number of amides is 1. The number of hydrogen-bond acceptors (Lipinski definition) is 3. The molecule has 19 heavy (non-hydrogen) atoms. The molecule has 3 unspecified atom stereocenters. The van der Waals surface area contributed by atoms with Crippen molar-refractivity contribution in [1.82, 2.24) is 5.32 Å². The van der Waals surface area contributed by atoms with Crippen LogP contribution in [0.15, 0.2) is 30.3 Å². The molecule has 0 fully saturated rings. The maximum atomic E-state index is 11.7. The van der Waals surface area contributed by atoms with Crippen LogP contribution in [0.25, 0.3) is 0 Å². The summed E-state index contributed by atoms with van der Waals surface area (Å²) in [6.45, 7) is 3.61. The second-order valence-corrected chi connectivity index (χ2v) is 5.11. The molecule has 0 aromatic heterocycles. The van der Waals surface area contributed by atoms with E-state index in [0.717, 1.165) is 5.56 Å². The van der Waals surface area contributed by atoms with Crippen LogP contribution >= 0.6 is 0 Å². The SMILES string of the molecule is CC(O)CC(C)NC(=O)CCC(N)c1ccccc1. The number of rotatable bonds is 7. The van der Waals surface area contributed by atoms with Crippen molar-refractivity contribution in [3.05, 3.63) is 35.9 Å². The molecule has 0 saturated heterocycles. The van der Waals surface area contributed by atoms with Gasteiger partial charge in [0, 0.05) is 18.5 Å². The van der Waals surface area contributed by atoms with Crippen molar-refractivity contribution in [2.75, 3.05) is 0 Å². The lowest BCUT2D eigenvalue weighted by molar-refractivity contribution is -0.122. The van der Waals surface area contributed by atoms with E-state index in [0.29, 0.717) is 19.3 Å². The molecule has 1 amide bonds. The summed E-state index contributed by atoms with van der Waals surface area (Å²) in [6.07, 6.45) is 1.19. The molecule has 0 aliphatic heterocycles. The first-order valence-corrected chi connectivity index (χ1v) is 6.77. The Bertz CT molecular complexity index is 379. The number of aliphatic hydroxyl groups excluding tert-OH is 1. The molecular weight excluding hydrogens is 240 g/mol. The number of carbonyl (C=O) groups is 1. The summed E-state index contributed by atoms with van der Waals surface area (Å²) in [7, 11) is 0. The summed E-state index contributed by atoms with van der Waals surface area (Å²) >= 11 is 0. The number of aliphatic hydroxyl groups is 1. The van der Waals surface area contributed by atoms with Crippen LogP contribution in [0.1, 0.15) is 44.7 Å². The second kappa shape index (κ2) is 7.92. The molecule has 1 aromatic carbocycles. The average molecular weight is 264 g/mol. The van der Waals surface area contributed by atoms with Crippen LogP contribution in [-0.2, 0) is 4.79 Å². The molecule has 0 heterocycles. The van der Waals surface area contributed by atoms with Crippen molar-refractivity contribution in [3.8, 4) is 0 Å².